The van der Waals surface area contributed by atoms with E-state index < -0.39 is 11.8 Å². The molecule has 13 heavy (non-hydrogen) atoms. The number of pyridine rings is 1. The third-order valence-corrected chi connectivity index (χ3v) is 1.71. The van der Waals surface area contributed by atoms with E-state index in [4.69, 9.17) is 0 Å². The molecule has 2 amide bonds. The molecule has 0 unspecified atom stereocenters. The molecule has 0 saturated carbocycles. The monoisotopic (exact) mass is 175 g/mol. The summed E-state index contributed by atoms with van der Waals surface area (Å²) in [7, 11) is 0. The number of carbonyl (C=O) groups excluding carboxylic acids is 2. The molecule has 5 heteroatoms. The van der Waals surface area contributed by atoms with Gasteiger partial charge in [0.05, 0.1) is 0 Å². The van der Waals surface area contributed by atoms with E-state index >= 15 is 0 Å². The third-order valence-electron chi connectivity index (χ3n) is 1.71. The summed E-state index contributed by atoms with van der Waals surface area (Å²) >= 11 is 0. The predicted molar refractivity (Wildman–Crippen MR) is 41.3 cm³/mol. The summed E-state index contributed by atoms with van der Waals surface area (Å²) in [5, 5.41) is 0.395. The highest BCUT2D eigenvalue weighted by Gasteiger charge is 2.15. The Bertz CT molecular complexity index is 519. The summed E-state index contributed by atoms with van der Waals surface area (Å²) in [6.07, 6.45) is 1.52. The molecule has 1 aliphatic rings. The number of amides is 2. The first-order valence-electron chi connectivity index (χ1n) is 3.66. The lowest BCUT2D eigenvalue weighted by atomic mass is 10.3. The maximum Gasteiger partial charge on any atom is 0.339 e. The molecule has 1 aromatic heterocycles. The van der Waals surface area contributed by atoms with Crippen molar-refractivity contribution in [2.75, 3.05) is 0 Å². The molecule has 0 spiro atoms. The van der Waals surface area contributed by atoms with Crippen molar-refractivity contribution in [1.82, 2.24) is 4.98 Å². The summed E-state index contributed by atoms with van der Waals surface area (Å²) in [4.78, 5) is 32.6. The van der Waals surface area contributed by atoms with Crippen LogP contribution in [-0.4, -0.2) is 16.8 Å². The van der Waals surface area contributed by atoms with Gasteiger partial charge in [0.15, 0.2) is 5.49 Å². The number of hydrogen-bond donors (Lipinski definition) is 0. The van der Waals surface area contributed by atoms with E-state index in [9.17, 15) is 9.59 Å². The van der Waals surface area contributed by atoms with Gasteiger partial charge < -0.3 is 0 Å². The topological polar surface area (TPSA) is 71.8 Å². The van der Waals surface area contributed by atoms with Gasteiger partial charge in [-0.25, -0.2) is 9.98 Å². The Hall–Kier alpha value is -1.91. The molecule has 1 aromatic rings. The molecule has 5 nitrogen and oxygen atoms in total. The van der Waals surface area contributed by atoms with Crippen LogP contribution in [0, 0.1) is 6.92 Å². The van der Waals surface area contributed by atoms with Crippen LogP contribution in [-0.2, 0) is 9.59 Å². The van der Waals surface area contributed by atoms with E-state index in [1.54, 1.807) is 13.0 Å². The Kier molecular flexibility index (Phi) is 1.51. The fourth-order valence-electron chi connectivity index (χ4n) is 1.05. The standard InChI is InChI=1S/C8H5N3O2/c1-4-2-3-9-6-5(4)10-7(12)8(13)11-6/h2-3H,1H3. The Morgan fingerprint density at radius 3 is 2.62 bits per heavy atom. The second-order valence-corrected chi connectivity index (χ2v) is 2.63. The quantitative estimate of drug-likeness (QED) is 0.460. The highest BCUT2D eigenvalue weighted by atomic mass is 16.2. The zero-order chi connectivity index (χ0) is 9.42. The van der Waals surface area contributed by atoms with Crippen LogP contribution < -0.4 is 10.8 Å². The Morgan fingerprint density at radius 1 is 1.15 bits per heavy atom. The van der Waals surface area contributed by atoms with Gasteiger partial charge in [-0.2, -0.15) is 4.99 Å². The van der Waals surface area contributed by atoms with Gasteiger partial charge in [-0.1, -0.05) is 0 Å². The number of rotatable bonds is 0. The summed E-state index contributed by atoms with van der Waals surface area (Å²) < 4.78 is 0. The fraction of sp³-hybridized carbons (Fsp3) is 0.125. The van der Waals surface area contributed by atoms with Gasteiger partial charge in [0.1, 0.15) is 5.36 Å². The number of aryl methyl sites for hydroxylation is 1. The van der Waals surface area contributed by atoms with Crippen molar-refractivity contribution in [3.05, 3.63) is 28.7 Å². The highest BCUT2D eigenvalue weighted by molar-refractivity contribution is 6.36. The van der Waals surface area contributed by atoms with Crippen LogP contribution in [0.1, 0.15) is 5.56 Å². The highest BCUT2D eigenvalue weighted by Crippen LogP contribution is 1.87. The van der Waals surface area contributed by atoms with Crippen LogP contribution in [0.15, 0.2) is 22.2 Å². The summed E-state index contributed by atoms with van der Waals surface area (Å²) in [5.41, 5.74) is 1.01. The minimum atomic E-state index is -0.856. The molecule has 0 bridgehead atoms. The SMILES string of the molecule is Cc1ccnc2c1=NC(=O)C(=O)N=2. The molecule has 0 saturated heterocycles. The Balaban J connectivity index is 2.92. The molecule has 0 aromatic carbocycles. The summed E-state index contributed by atoms with van der Waals surface area (Å²) in [6.45, 7) is 1.78. The minimum Gasteiger partial charge on any atom is -0.261 e. The van der Waals surface area contributed by atoms with Gasteiger partial charge in [-0.3, -0.25) is 9.59 Å². The number of fused-ring (bicyclic) bond motifs is 1. The minimum absolute atomic E-state index is 0.226. The molecular formula is C8H5N3O2. The fourth-order valence-corrected chi connectivity index (χ4v) is 1.05. The van der Waals surface area contributed by atoms with E-state index in [1.807, 2.05) is 0 Å². The molecule has 2 rings (SSSR count). The first kappa shape index (κ1) is 7.72. The van der Waals surface area contributed by atoms with E-state index in [2.05, 4.69) is 15.0 Å². The van der Waals surface area contributed by atoms with Crippen LogP contribution in [0.25, 0.3) is 0 Å². The second kappa shape index (κ2) is 2.55. The molecule has 0 fully saturated rings. The molecule has 0 atom stereocenters. The van der Waals surface area contributed by atoms with Gasteiger partial charge >= 0.3 is 11.8 Å². The smallest absolute Gasteiger partial charge is 0.261 e. The zero-order valence-electron chi connectivity index (χ0n) is 6.81. The first-order valence-corrected chi connectivity index (χ1v) is 3.66. The summed E-state index contributed by atoms with van der Waals surface area (Å²) in [6, 6.07) is 1.71. The third kappa shape index (κ3) is 1.14. The normalized spacial score (nSPS) is 14.5. The molecular weight excluding hydrogens is 170 g/mol. The molecule has 0 radical (unpaired) electrons. The predicted octanol–water partition coefficient (Wildman–Crippen LogP) is -1.30. The average Bonchev–Trinajstić information content (AvgIpc) is 2.09. The van der Waals surface area contributed by atoms with Crippen molar-refractivity contribution in [2.24, 2.45) is 9.98 Å². The van der Waals surface area contributed by atoms with Crippen molar-refractivity contribution in [2.45, 2.75) is 6.92 Å². The van der Waals surface area contributed by atoms with E-state index in [0.717, 1.165) is 5.56 Å². The molecule has 64 valence electrons. The lowest BCUT2D eigenvalue weighted by Gasteiger charge is -1.97. The number of nitrogens with zero attached hydrogens (tertiary/aromatic N) is 3. The maximum absolute atomic E-state index is 10.9. The lowest BCUT2D eigenvalue weighted by Crippen LogP contribution is -2.38. The van der Waals surface area contributed by atoms with Crippen molar-refractivity contribution >= 4 is 11.8 Å². The Morgan fingerprint density at radius 2 is 1.85 bits per heavy atom. The lowest BCUT2D eigenvalue weighted by molar-refractivity contribution is -0.135. The van der Waals surface area contributed by atoms with Crippen molar-refractivity contribution in [1.29, 1.82) is 0 Å². The van der Waals surface area contributed by atoms with E-state index in [-0.39, 0.29) is 5.49 Å². The van der Waals surface area contributed by atoms with Crippen molar-refractivity contribution in [3.8, 4) is 0 Å². The largest absolute Gasteiger partial charge is 0.339 e. The maximum atomic E-state index is 10.9. The van der Waals surface area contributed by atoms with Crippen LogP contribution in [0.4, 0.5) is 0 Å². The molecule has 0 N–H and O–H groups in total. The van der Waals surface area contributed by atoms with Crippen LogP contribution in [0.3, 0.4) is 0 Å². The molecule has 0 aliphatic carbocycles. The second-order valence-electron chi connectivity index (χ2n) is 2.63. The van der Waals surface area contributed by atoms with E-state index in [0.29, 0.717) is 5.36 Å². The van der Waals surface area contributed by atoms with Gasteiger partial charge in [0, 0.05) is 6.20 Å². The van der Waals surface area contributed by atoms with Gasteiger partial charge in [0.2, 0.25) is 0 Å². The summed E-state index contributed by atoms with van der Waals surface area (Å²) in [5.74, 6) is -1.69. The molecule has 2 heterocycles. The van der Waals surface area contributed by atoms with Gasteiger partial charge in [-0.05, 0) is 18.6 Å². The van der Waals surface area contributed by atoms with E-state index in [1.165, 1.54) is 6.20 Å². The Labute approximate surface area is 72.9 Å². The average molecular weight is 175 g/mol. The number of aromatic nitrogens is 1. The van der Waals surface area contributed by atoms with Crippen LogP contribution in [0.2, 0.25) is 0 Å². The van der Waals surface area contributed by atoms with Crippen LogP contribution in [0.5, 0.6) is 0 Å². The van der Waals surface area contributed by atoms with Gasteiger partial charge in [-0.15, -0.1) is 0 Å². The van der Waals surface area contributed by atoms with Crippen molar-refractivity contribution in [3.63, 3.8) is 0 Å². The van der Waals surface area contributed by atoms with Crippen molar-refractivity contribution < 1.29 is 9.59 Å². The molecule has 1 aliphatic heterocycles. The van der Waals surface area contributed by atoms with Crippen LogP contribution >= 0.6 is 0 Å². The number of carbonyl (C=O) groups is 2. The first-order chi connectivity index (χ1) is 6.18. The van der Waals surface area contributed by atoms with Gasteiger partial charge in [0.25, 0.3) is 0 Å². The number of hydrogen-bond acceptors (Lipinski definition) is 3. The zero-order valence-corrected chi connectivity index (χ0v) is 6.81.